The second-order valence-electron chi connectivity index (χ2n) is 4.21. The molecule has 8 heteroatoms. The lowest BCUT2D eigenvalue weighted by Gasteiger charge is -2.09. The molecule has 116 valence electrons. The number of ether oxygens (including phenoxy) is 1. The maximum absolute atomic E-state index is 12.2. The Morgan fingerprint density at radius 3 is 2.68 bits per heavy atom. The first-order valence-electron chi connectivity index (χ1n) is 6.10. The molecule has 0 aliphatic heterocycles. The fourth-order valence-electron chi connectivity index (χ4n) is 1.67. The van der Waals surface area contributed by atoms with E-state index in [4.69, 9.17) is 16.3 Å². The molecule has 0 saturated carbocycles. The molecule has 2 aromatic rings. The maximum Gasteiger partial charge on any atom is 0.280 e. The van der Waals surface area contributed by atoms with E-state index >= 15 is 0 Å². The van der Waals surface area contributed by atoms with Crippen LogP contribution in [0.4, 0.5) is 0 Å². The molecule has 6 nitrogen and oxygen atoms in total. The van der Waals surface area contributed by atoms with Gasteiger partial charge in [-0.2, -0.15) is 18.4 Å². The molecule has 0 radical (unpaired) electrons. The van der Waals surface area contributed by atoms with Crippen molar-refractivity contribution >= 4 is 27.8 Å². The van der Waals surface area contributed by atoms with Crippen LogP contribution in [0.25, 0.3) is 0 Å². The van der Waals surface area contributed by atoms with Gasteiger partial charge in [0.25, 0.3) is 10.0 Å². The number of phenols is 1. The summed E-state index contributed by atoms with van der Waals surface area (Å²) in [5.41, 5.74) is 0.378. The third kappa shape index (κ3) is 3.69. The van der Waals surface area contributed by atoms with Gasteiger partial charge >= 0.3 is 0 Å². The van der Waals surface area contributed by atoms with Crippen LogP contribution in [0.3, 0.4) is 0 Å². The third-order valence-corrected chi connectivity index (χ3v) is 4.21. The Morgan fingerprint density at radius 2 is 2.00 bits per heavy atom. The summed E-state index contributed by atoms with van der Waals surface area (Å²) in [5.74, 6) is 0.139. The lowest BCUT2D eigenvalue weighted by molar-refractivity contribution is 0.402. The van der Waals surface area contributed by atoms with Crippen LogP contribution in [0.15, 0.2) is 52.5 Å². The van der Waals surface area contributed by atoms with Crippen LogP contribution in [0.1, 0.15) is 5.56 Å². The molecule has 22 heavy (non-hydrogen) atoms. The summed E-state index contributed by atoms with van der Waals surface area (Å²) in [7, 11) is -2.59. The second kappa shape index (κ2) is 6.67. The standard InChI is InChI=1S/C14H13ClN2O4S/c1-21-13-7-6-11(15)8-14(13)22(19,20)17-16-9-10-4-2-3-5-12(10)18/h2-9,17-18H,1H3/b16-9+. The van der Waals surface area contributed by atoms with Crippen molar-refractivity contribution in [2.75, 3.05) is 7.11 Å². The van der Waals surface area contributed by atoms with E-state index in [1.165, 1.54) is 37.6 Å². The van der Waals surface area contributed by atoms with Crippen LogP contribution in [-0.2, 0) is 10.0 Å². The van der Waals surface area contributed by atoms with Crippen molar-refractivity contribution in [2.45, 2.75) is 4.90 Å². The molecule has 0 fully saturated rings. The van der Waals surface area contributed by atoms with Crippen LogP contribution in [-0.4, -0.2) is 26.8 Å². The highest BCUT2D eigenvalue weighted by Gasteiger charge is 2.19. The Hall–Kier alpha value is -2.25. The Kier molecular flexibility index (Phi) is 4.89. The van der Waals surface area contributed by atoms with Gasteiger partial charge in [-0.25, -0.2) is 0 Å². The van der Waals surface area contributed by atoms with Crippen LogP contribution in [0, 0.1) is 0 Å². The van der Waals surface area contributed by atoms with Gasteiger partial charge in [0.05, 0.1) is 13.3 Å². The average Bonchev–Trinajstić information content (AvgIpc) is 2.49. The molecule has 0 aromatic heterocycles. The first-order chi connectivity index (χ1) is 10.4. The summed E-state index contributed by atoms with van der Waals surface area (Å²) in [6.07, 6.45) is 1.20. The number of nitrogens with one attached hydrogen (secondary N) is 1. The monoisotopic (exact) mass is 340 g/mol. The van der Waals surface area contributed by atoms with Crippen molar-refractivity contribution < 1.29 is 18.3 Å². The zero-order chi connectivity index (χ0) is 16.2. The maximum atomic E-state index is 12.2. The van der Waals surface area contributed by atoms with Crippen LogP contribution < -0.4 is 9.57 Å². The zero-order valence-corrected chi connectivity index (χ0v) is 13.1. The fourth-order valence-corrected chi connectivity index (χ4v) is 2.90. The summed E-state index contributed by atoms with van der Waals surface area (Å²) in [6, 6.07) is 10.6. The lowest BCUT2D eigenvalue weighted by Crippen LogP contribution is -2.19. The van der Waals surface area contributed by atoms with Crippen molar-refractivity contribution in [3.8, 4) is 11.5 Å². The normalized spacial score (nSPS) is 11.5. The molecule has 0 unspecified atom stereocenters. The Morgan fingerprint density at radius 1 is 1.27 bits per heavy atom. The van der Waals surface area contributed by atoms with Gasteiger partial charge in [-0.15, -0.1) is 0 Å². The largest absolute Gasteiger partial charge is 0.507 e. The predicted octanol–water partition coefficient (Wildman–Crippen LogP) is 2.37. The van der Waals surface area contributed by atoms with E-state index in [9.17, 15) is 13.5 Å². The van der Waals surface area contributed by atoms with Gasteiger partial charge in [-0.05, 0) is 30.3 Å². The number of phenolic OH excluding ortho intramolecular Hbond substituents is 1. The number of nitrogens with zero attached hydrogens (tertiary/aromatic N) is 1. The minimum absolute atomic E-state index is 0.00853. The lowest BCUT2D eigenvalue weighted by atomic mass is 10.2. The van der Waals surface area contributed by atoms with E-state index in [2.05, 4.69) is 5.10 Å². The fraction of sp³-hybridized carbons (Fsp3) is 0.0714. The van der Waals surface area contributed by atoms with Crippen molar-refractivity contribution in [2.24, 2.45) is 5.10 Å². The van der Waals surface area contributed by atoms with Gasteiger partial charge in [-0.1, -0.05) is 23.7 Å². The predicted molar refractivity (Wildman–Crippen MR) is 84.0 cm³/mol. The highest BCUT2D eigenvalue weighted by atomic mass is 35.5. The number of hydrogen-bond donors (Lipinski definition) is 2. The Bertz CT molecular complexity index is 806. The summed E-state index contributed by atoms with van der Waals surface area (Å²) < 4.78 is 29.4. The van der Waals surface area contributed by atoms with Crippen molar-refractivity contribution in [1.29, 1.82) is 0 Å². The smallest absolute Gasteiger partial charge is 0.280 e. The summed E-state index contributed by atoms with van der Waals surface area (Å²) in [6.45, 7) is 0. The Labute approximate surface area is 133 Å². The number of methoxy groups -OCH3 is 1. The van der Waals surface area contributed by atoms with Crippen LogP contribution >= 0.6 is 11.6 Å². The number of hydrazone groups is 1. The molecule has 0 atom stereocenters. The van der Waals surface area contributed by atoms with E-state index in [1.807, 2.05) is 4.83 Å². The van der Waals surface area contributed by atoms with Gasteiger partial charge < -0.3 is 9.84 Å². The van der Waals surface area contributed by atoms with E-state index < -0.39 is 10.0 Å². The first kappa shape index (κ1) is 16.1. The molecule has 0 spiro atoms. The summed E-state index contributed by atoms with van der Waals surface area (Å²) in [4.78, 5) is 1.92. The van der Waals surface area contributed by atoms with Crippen molar-refractivity contribution in [1.82, 2.24) is 4.83 Å². The van der Waals surface area contributed by atoms with Crippen LogP contribution in [0.2, 0.25) is 5.02 Å². The SMILES string of the molecule is COc1ccc(Cl)cc1S(=O)(=O)N/N=C/c1ccccc1O. The van der Waals surface area contributed by atoms with Gasteiger partial charge in [0.1, 0.15) is 16.4 Å². The van der Waals surface area contributed by atoms with E-state index in [1.54, 1.807) is 18.2 Å². The van der Waals surface area contributed by atoms with E-state index in [-0.39, 0.29) is 21.4 Å². The van der Waals surface area contributed by atoms with E-state index in [0.29, 0.717) is 5.56 Å². The molecular weight excluding hydrogens is 328 g/mol. The zero-order valence-electron chi connectivity index (χ0n) is 11.5. The molecule has 0 amide bonds. The van der Waals surface area contributed by atoms with Gasteiger partial charge in [0.2, 0.25) is 0 Å². The number of para-hydroxylation sites is 1. The molecule has 0 bridgehead atoms. The quantitative estimate of drug-likeness (QED) is 0.646. The number of hydrogen-bond acceptors (Lipinski definition) is 5. The number of rotatable bonds is 5. The minimum Gasteiger partial charge on any atom is -0.507 e. The number of aromatic hydroxyl groups is 1. The van der Waals surface area contributed by atoms with Gasteiger partial charge in [0.15, 0.2) is 0 Å². The molecule has 0 aliphatic rings. The Balaban J connectivity index is 2.25. The summed E-state index contributed by atoms with van der Waals surface area (Å²) >= 11 is 5.81. The van der Waals surface area contributed by atoms with E-state index in [0.717, 1.165) is 0 Å². The summed E-state index contributed by atoms with van der Waals surface area (Å²) in [5, 5.41) is 13.5. The van der Waals surface area contributed by atoms with Gasteiger partial charge in [0, 0.05) is 10.6 Å². The van der Waals surface area contributed by atoms with Crippen LogP contribution in [0.5, 0.6) is 11.5 Å². The highest BCUT2D eigenvalue weighted by molar-refractivity contribution is 7.89. The number of sulfonamides is 1. The van der Waals surface area contributed by atoms with Crippen molar-refractivity contribution in [3.05, 3.63) is 53.1 Å². The highest BCUT2D eigenvalue weighted by Crippen LogP contribution is 2.26. The topological polar surface area (TPSA) is 88.0 Å². The average molecular weight is 341 g/mol. The number of halogens is 1. The van der Waals surface area contributed by atoms with Gasteiger partial charge in [-0.3, -0.25) is 0 Å². The molecular formula is C14H13ClN2O4S. The van der Waals surface area contributed by atoms with Crippen molar-refractivity contribution in [3.63, 3.8) is 0 Å². The molecule has 2 aromatic carbocycles. The minimum atomic E-state index is -3.95. The molecule has 0 aliphatic carbocycles. The molecule has 2 N–H and O–H groups in total. The third-order valence-electron chi connectivity index (χ3n) is 2.73. The molecule has 0 saturated heterocycles. The molecule has 2 rings (SSSR count). The molecule has 0 heterocycles. The second-order valence-corrected chi connectivity index (χ2v) is 6.27. The number of benzene rings is 2. The first-order valence-corrected chi connectivity index (χ1v) is 7.96.